The standard InChI is InChI=1S/C54H33N3O2S/c1-54(2)40-20-7-3-13-32(40)33-26-25-30(29-41(33)54)31-27-28-45-48(37-16-5-9-22-43(37)59-45)49(31)53-56-51(38-18-12-23-44-47(38)36-15-4-8-21-42(36)58-44)55-52(57-53)39-19-11-17-35-34-14-6-10-24-46(34)60-50(35)39/h3-29H,1-2H3. The van der Waals surface area contributed by atoms with Crippen LogP contribution in [-0.2, 0) is 5.41 Å². The van der Waals surface area contributed by atoms with Gasteiger partial charge in [-0.05, 0) is 81.9 Å². The van der Waals surface area contributed by atoms with Crippen LogP contribution < -0.4 is 0 Å². The van der Waals surface area contributed by atoms with Crippen molar-refractivity contribution >= 4 is 75.4 Å². The molecule has 0 aliphatic heterocycles. The molecule has 5 nitrogen and oxygen atoms in total. The Balaban J connectivity index is 1.14. The third kappa shape index (κ3) is 4.71. The van der Waals surface area contributed by atoms with Crippen molar-refractivity contribution in [2.45, 2.75) is 19.3 Å². The van der Waals surface area contributed by atoms with Crippen LogP contribution in [0.3, 0.4) is 0 Å². The summed E-state index contributed by atoms with van der Waals surface area (Å²) < 4.78 is 15.4. The fraction of sp³-hybridized carbons (Fsp3) is 0.0556. The van der Waals surface area contributed by atoms with Crippen LogP contribution in [0, 0.1) is 0 Å². The molecule has 0 saturated heterocycles. The zero-order valence-electron chi connectivity index (χ0n) is 32.7. The monoisotopic (exact) mass is 787 g/mol. The topological polar surface area (TPSA) is 65.0 Å². The minimum atomic E-state index is -0.170. The highest BCUT2D eigenvalue weighted by molar-refractivity contribution is 7.26. The summed E-state index contributed by atoms with van der Waals surface area (Å²) in [4.78, 5) is 16.4. The number of thiophene rings is 1. The number of benzene rings is 8. The molecule has 4 heterocycles. The number of nitrogens with zero attached hydrogens (tertiary/aromatic N) is 3. The van der Waals surface area contributed by atoms with Crippen LogP contribution in [0.2, 0.25) is 0 Å². The number of fused-ring (bicyclic) bond motifs is 12. The third-order valence-corrected chi connectivity index (χ3v) is 13.8. The van der Waals surface area contributed by atoms with E-state index in [0.717, 1.165) is 76.4 Å². The number of hydrogen-bond donors (Lipinski definition) is 0. The predicted octanol–water partition coefficient (Wildman–Crippen LogP) is 15.0. The molecule has 6 heteroatoms. The van der Waals surface area contributed by atoms with Crippen molar-refractivity contribution in [3.63, 3.8) is 0 Å². The zero-order valence-corrected chi connectivity index (χ0v) is 33.5. The Morgan fingerprint density at radius 3 is 1.82 bits per heavy atom. The van der Waals surface area contributed by atoms with E-state index in [-0.39, 0.29) is 5.41 Å². The van der Waals surface area contributed by atoms with Gasteiger partial charge in [-0.3, -0.25) is 0 Å². The van der Waals surface area contributed by atoms with E-state index < -0.39 is 0 Å². The van der Waals surface area contributed by atoms with Crippen LogP contribution in [-0.4, -0.2) is 15.0 Å². The van der Waals surface area contributed by atoms with Crippen LogP contribution in [0.5, 0.6) is 0 Å². The Kier molecular flexibility index (Phi) is 6.88. The lowest BCUT2D eigenvalue weighted by atomic mass is 9.81. The maximum Gasteiger partial charge on any atom is 0.165 e. The average Bonchev–Trinajstić information content (AvgIpc) is 4.04. The van der Waals surface area contributed by atoms with Crippen LogP contribution in [0.4, 0.5) is 0 Å². The van der Waals surface area contributed by atoms with Gasteiger partial charge in [0.2, 0.25) is 0 Å². The highest BCUT2D eigenvalue weighted by Crippen LogP contribution is 2.51. The Morgan fingerprint density at radius 2 is 0.983 bits per heavy atom. The van der Waals surface area contributed by atoms with Crippen molar-refractivity contribution in [1.82, 2.24) is 15.0 Å². The molecule has 13 rings (SSSR count). The van der Waals surface area contributed by atoms with Crippen molar-refractivity contribution in [2.75, 3.05) is 0 Å². The van der Waals surface area contributed by atoms with Crippen LogP contribution in [0.15, 0.2) is 173 Å². The van der Waals surface area contributed by atoms with Gasteiger partial charge in [0.25, 0.3) is 0 Å². The number of hydrogen-bond acceptors (Lipinski definition) is 6. The molecule has 0 N–H and O–H groups in total. The van der Waals surface area contributed by atoms with Gasteiger partial charge in [0.1, 0.15) is 22.3 Å². The first-order chi connectivity index (χ1) is 29.5. The quantitative estimate of drug-likeness (QED) is 0.178. The molecule has 8 aromatic carbocycles. The molecule has 1 aliphatic rings. The molecule has 0 bridgehead atoms. The van der Waals surface area contributed by atoms with Crippen molar-refractivity contribution in [3.8, 4) is 56.4 Å². The first kappa shape index (κ1) is 33.6. The lowest BCUT2D eigenvalue weighted by molar-refractivity contribution is 0.660. The van der Waals surface area contributed by atoms with E-state index in [0.29, 0.717) is 17.5 Å². The van der Waals surface area contributed by atoms with Gasteiger partial charge in [-0.1, -0.05) is 129 Å². The summed E-state index contributed by atoms with van der Waals surface area (Å²) >= 11 is 1.77. The van der Waals surface area contributed by atoms with Gasteiger partial charge >= 0.3 is 0 Å². The number of para-hydroxylation sites is 2. The Bertz CT molecular complexity index is 3770. The Labute approximate surface area is 348 Å². The molecule has 0 spiro atoms. The number of rotatable bonds is 4. The molecule has 4 aromatic heterocycles. The highest BCUT2D eigenvalue weighted by atomic mass is 32.1. The average molecular weight is 788 g/mol. The second-order valence-electron chi connectivity index (χ2n) is 16.3. The van der Waals surface area contributed by atoms with Crippen molar-refractivity contribution in [3.05, 3.63) is 175 Å². The molecular weight excluding hydrogens is 755 g/mol. The van der Waals surface area contributed by atoms with Gasteiger partial charge in [0.15, 0.2) is 17.5 Å². The first-order valence-corrected chi connectivity index (χ1v) is 21.1. The third-order valence-electron chi connectivity index (χ3n) is 12.6. The number of furan rings is 2. The summed E-state index contributed by atoms with van der Waals surface area (Å²) in [5.74, 6) is 1.76. The summed E-state index contributed by atoms with van der Waals surface area (Å²) in [6.45, 7) is 4.66. The molecule has 1 aliphatic carbocycles. The lowest BCUT2D eigenvalue weighted by Crippen LogP contribution is -2.14. The summed E-state index contributed by atoms with van der Waals surface area (Å²) in [5.41, 5.74) is 13.1. The molecule has 12 aromatic rings. The SMILES string of the molecule is CC1(C)c2ccccc2-c2ccc(-c3ccc4oc5ccccc5c4c3-c3nc(-c4cccc5c4sc4ccccc45)nc(-c4cccc5oc6ccccc6c45)n3)cc21. The maximum absolute atomic E-state index is 6.59. The largest absolute Gasteiger partial charge is 0.456 e. The van der Waals surface area contributed by atoms with Gasteiger partial charge in [-0.15, -0.1) is 11.3 Å². The Morgan fingerprint density at radius 1 is 0.417 bits per heavy atom. The van der Waals surface area contributed by atoms with E-state index in [9.17, 15) is 0 Å². The van der Waals surface area contributed by atoms with E-state index in [1.807, 2.05) is 42.5 Å². The Hall–Kier alpha value is -7.41. The van der Waals surface area contributed by atoms with Gasteiger partial charge in [0, 0.05) is 63.8 Å². The maximum atomic E-state index is 6.59. The summed E-state index contributed by atoms with van der Waals surface area (Å²) in [5, 5.41) is 6.39. The molecular formula is C54H33N3O2S. The van der Waals surface area contributed by atoms with Gasteiger partial charge in [-0.25, -0.2) is 15.0 Å². The fourth-order valence-corrected chi connectivity index (χ4v) is 11.0. The fourth-order valence-electron chi connectivity index (χ4n) is 9.77. The summed E-state index contributed by atoms with van der Waals surface area (Å²) in [6, 6.07) is 57.6. The van der Waals surface area contributed by atoms with E-state index >= 15 is 0 Å². The molecule has 0 saturated carbocycles. The van der Waals surface area contributed by atoms with Gasteiger partial charge in [-0.2, -0.15) is 0 Å². The van der Waals surface area contributed by atoms with Crippen molar-refractivity contribution in [1.29, 1.82) is 0 Å². The van der Waals surface area contributed by atoms with Crippen LogP contribution in [0.25, 0.3) is 120 Å². The van der Waals surface area contributed by atoms with E-state index in [1.165, 1.54) is 37.7 Å². The second kappa shape index (κ2) is 12.3. The smallest absolute Gasteiger partial charge is 0.165 e. The predicted molar refractivity (Wildman–Crippen MR) is 247 cm³/mol. The van der Waals surface area contributed by atoms with E-state index in [2.05, 4.69) is 135 Å². The highest BCUT2D eigenvalue weighted by Gasteiger charge is 2.35. The van der Waals surface area contributed by atoms with Crippen LogP contribution in [0.1, 0.15) is 25.0 Å². The van der Waals surface area contributed by atoms with Crippen molar-refractivity contribution < 1.29 is 8.83 Å². The minimum absolute atomic E-state index is 0.170. The first-order valence-electron chi connectivity index (χ1n) is 20.3. The molecule has 0 unspecified atom stereocenters. The minimum Gasteiger partial charge on any atom is -0.456 e. The second-order valence-corrected chi connectivity index (χ2v) is 17.3. The summed E-state index contributed by atoms with van der Waals surface area (Å²) in [6.07, 6.45) is 0. The van der Waals surface area contributed by atoms with Gasteiger partial charge in [0.05, 0.1) is 0 Å². The normalized spacial score (nSPS) is 13.3. The van der Waals surface area contributed by atoms with E-state index in [1.54, 1.807) is 11.3 Å². The molecule has 60 heavy (non-hydrogen) atoms. The van der Waals surface area contributed by atoms with Crippen LogP contribution >= 0.6 is 11.3 Å². The molecule has 0 atom stereocenters. The summed E-state index contributed by atoms with van der Waals surface area (Å²) in [7, 11) is 0. The number of aromatic nitrogens is 3. The lowest BCUT2D eigenvalue weighted by Gasteiger charge is -2.22. The molecule has 0 amide bonds. The van der Waals surface area contributed by atoms with Crippen molar-refractivity contribution in [2.24, 2.45) is 0 Å². The molecule has 0 radical (unpaired) electrons. The van der Waals surface area contributed by atoms with E-state index in [4.69, 9.17) is 23.8 Å². The molecule has 0 fully saturated rings. The molecule has 282 valence electrons. The zero-order chi connectivity index (χ0) is 39.7. The van der Waals surface area contributed by atoms with Gasteiger partial charge < -0.3 is 8.83 Å².